The van der Waals surface area contributed by atoms with Crippen LogP contribution in [0.2, 0.25) is 0 Å². The quantitative estimate of drug-likeness (QED) is 0.509. The summed E-state index contributed by atoms with van der Waals surface area (Å²) in [5, 5.41) is 4.49. The number of benzene rings is 1. The molecule has 1 aromatic carbocycles. The van der Waals surface area contributed by atoms with Gasteiger partial charge in [-0.3, -0.25) is 4.79 Å². The molecule has 1 amide bonds. The molecule has 4 bridgehead atoms. The van der Waals surface area contributed by atoms with Gasteiger partial charge in [0, 0.05) is 16.8 Å². The number of hydrogen-bond donors (Lipinski definition) is 2. The molecule has 1 aromatic rings. The van der Waals surface area contributed by atoms with Crippen molar-refractivity contribution in [3.63, 3.8) is 0 Å². The Morgan fingerprint density at radius 2 is 1.70 bits per heavy atom. The first-order chi connectivity index (χ1) is 11.1. The van der Waals surface area contributed by atoms with Crippen molar-refractivity contribution in [3.8, 4) is 0 Å². The van der Waals surface area contributed by atoms with Crippen molar-refractivity contribution in [1.29, 1.82) is 0 Å². The third kappa shape index (κ3) is 2.54. The first-order valence-corrected chi connectivity index (χ1v) is 8.75. The van der Waals surface area contributed by atoms with Crippen molar-refractivity contribution in [3.05, 3.63) is 29.8 Å². The summed E-state index contributed by atoms with van der Waals surface area (Å²) in [6.45, 7) is 2.10. The molecule has 0 radical (unpaired) electrons. The molecule has 122 valence electrons. The van der Waals surface area contributed by atoms with Crippen LogP contribution in [0, 0.1) is 23.2 Å². The van der Waals surface area contributed by atoms with E-state index in [4.69, 9.17) is 5.73 Å². The molecule has 0 unspecified atom stereocenters. The number of amides is 1. The highest BCUT2D eigenvalue weighted by Gasteiger charge is 2.52. The van der Waals surface area contributed by atoms with Gasteiger partial charge < -0.3 is 5.73 Å². The zero-order chi connectivity index (χ0) is 16.0. The minimum absolute atomic E-state index is 0.216. The molecule has 4 aliphatic rings. The minimum Gasteiger partial charge on any atom is -0.398 e. The van der Waals surface area contributed by atoms with E-state index in [-0.39, 0.29) is 11.3 Å². The molecule has 0 aliphatic heterocycles. The van der Waals surface area contributed by atoms with Gasteiger partial charge in [0.2, 0.25) is 0 Å². The van der Waals surface area contributed by atoms with E-state index >= 15 is 0 Å². The molecule has 0 atom stereocenters. The highest BCUT2D eigenvalue weighted by atomic mass is 16.2. The highest BCUT2D eigenvalue weighted by molar-refractivity contribution is 6.00. The van der Waals surface area contributed by atoms with Crippen molar-refractivity contribution in [1.82, 2.24) is 5.43 Å². The average Bonchev–Trinajstić information content (AvgIpc) is 2.51. The fourth-order valence-electron chi connectivity index (χ4n) is 5.57. The van der Waals surface area contributed by atoms with Gasteiger partial charge >= 0.3 is 0 Å². The van der Waals surface area contributed by atoms with Crippen LogP contribution in [0.5, 0.6) is 0 Å². The Morgan fingerprint density at radius 3 is 2.26 bits per heavy atom. The van der Waals surface area contributed by atoms with Crippen LogP contribution >= 0.6 is 0 Å². The summed E-state index contributed by atoms with van der Waals surface area (Å²) in [5.41, 5.74) is 10.9. The van der Waals surface area contributed by atoms with Crippen molar-refractivity contribution in [2.45, 2.75) is 45.4 Å². The van der Waals surface area contributed by atoms with Crippen LogP contribution in [0.25, 0.3) is 0 Å². The summed E-state index contributed by atoms with van der Waals surface area (Å²) in [4.78, 5) is 12.3. The van der Waals surface area contributed by atoms with Gasteiger partial charge in [-0.2, -0.15) is 5.10 Å². The lowest BCUT2D eigenvalue weighted by Crippen LogP contribution is -2.49. The van der Waals surface area contributed by atoms with E-state index in [2.05, 4.69) is 17.5 Å². The summed E-state index contributed by atoms with van der Waals surface area (Å²) in [5.74, 6) is 2.43. The molecule has 0 heterocycles. The maximum Gasteiger partial charge on any atom is 0.273 e. The summed E-state index contributed by atoms with van der Waals surface area (Å²) in [6.07, 6.45) is 8.03. The van der Waals surface area contributed by atoms with E-state index in [9.17, 15) is 4.79 Å². The monoisotopic (exact) mass is 311 g/mol. The normalized spacial score (nSPS) is 35.3. The molecule has 4 nitrogen and oxygen atoms in total. The second kappa shape index (κ2) is 5.36. The Balaban J connectivity index is 1.51. The second-order valence-electron chi connectivity index (χ2n) is 7.92. The van der Waals surface area contributed by atoms with E-state index in [1.807, 2.05) is 12.1 Å². The maximum atomic E-state index is 12.3. The number of nitrogens with one attached hydrogen (secondary N) is 1. The van der Waals surface area contributed by atoms with E-state index in [1.165, 1.54) is 38.5 Å². The summed E-state index contributed by atoms with van der Waals surface area (Å²) < 4.78 is 0. The topological polar surface area (TPSA) is 67.5 Å². The number of para-hydroxylation sites is 1. The third-order valence-electron chi connectivity index (χ3n) is 6.34. The van der Waals surface area contributed by atoms with Gasteiger partial charge in [0.15, 0.2) is 0 Å². The molecular weight excluding hydrogens is 286 g/mol. The van der Waals surface area contributed by atoms with Crippen LogP contribution in [0.4, 0.5) is 5.69 Å². The number of nitrogen functional groups attached to an aromatic ring is 1. The van der Waals surface area contributed by atoms with E-state index in [0.29, 0.717) is 11.3 Å². The number of nitrogens with zero attached hydrogens (tertiary/aromatic N) is 1. The standard InChI is InChI=1S/C19H25N3O/c1-12(21-22-18(23)16-4-2-3-5-17(16)20)19-9-13-6-14(10-19)8-15(7-13)11-19/h2-5,13-15H,6-11,20H2,1H3,(H,22,23)/b21-12-. The summed E-state index contributed by atoms with van der Waals surface area (Å²) in [6, 6.07) is 7.13. The number of hydrazone groups is 1. The predicted molar refractivity (Wildman–Crippen MR) is 92.0 cm³/mol. The number of hydrogen-bond acceptors (Lipinski definition) is 3. The van der Waals surface area contributed by atoms with Gasteiger partial charge in [-0.1, -0.05) is 12.1 Å². The van der Waals surface area contributed by atoms with Crippen molar-refractivity contribution in [2.24, 2.45) is 28.3 Å². The molecule has 0 spiro atoms. The van der Waals surface area contributed by atoms with E-state index < -0.39 is 0 Å². The fraction of sp³-hybridized carbons (Fsp3) is 0.579. The molecule has 4 aliphatic carbocycles. The predicted octanol–water partition coefficient (Wildman–Crippen LogP) is 3.59. The second-order valence-corrected chi connectivity index (χ2v) is 7.92. The summed E-state index contributed by atoms with van der Waals surface area (Å²) >= 11 is 0. The third-order valence-corrected chi connectivity index (χ3v) is 6.34. The largest absolute Gasteiger partial charge is 0.398 e. The Labute approximate surface area is 137 Å². The first kappa shape index (κ1) is 14.7. The molecule has 0 saturated heterocycles. The highest BCUT2D eigenvalue weighted by Crippen LogP contribution is 2.60. The zero-order valence-electron chi connectivity index (χ0n) is 13.7. The van der Waals surface area contributed by atoms with Crippen molar-refractivity contribution in [2.75, 3.05) is 5.73 Å². The Morgan fingerprint density at radius 1 is 1.13 bits per heavy atom. The molecular formula is C19H25N3O. The number of carbonyl (C=O) groups is 1. The van der Waals surface area contributed by atoms with Gasteiger partial charge in [-0.05, 0) is 75.3 Å². The minimum atomic E-state index is -0.216. The summed E-state index contributed by atoms with van der Waals surface area (Å²) in [7, 11) is 0. The lowest BCUT2D eigenvalue weighted by molar-refractivity contribution is -0.0128. The smallest absolute Gasteiger partial charge is 0.273 e. The zero-order valence-corrected chi connectivity index (χ0v) is 13.7. The van der Waals surface area contributed by atoms with Gasteiger partial charge in [0.1, 0.15) is 0 Å². The molecule has 4 fully saturated rings. The van der Waals surface area contributed by atoms with Gasteiger partial charge in [0.25, 0.3) is 5.91 Å². The average molecular weight is 311 g/mol. The lowest BCUT2D eigenvalue weighted by atomic mass is 9.48. The SMILES string of the molecule is C/C(=N/NC(=O)c1ccccc1N)C12CC3CC(CC(C3)C1)C2. The molecule has 0 aromatic heterocycles. The van der Waals surface area contributed by atoms with Crippen LogP contribution < -0.4 is 11.2 Å². The Hall–Kier alpha value is -1.84. The maximum absolute atomic E-state index is 12.3. The molecule has 3 N–H and O–H groups in total. The van der Waals surface area contributed by atoms with Crippen molar-refractivity contribution >= 4 is 17.3 Å². The lowest BCUT2D eigenvalue weighted by Gasteiger charge is -2.56. The number of nitrogens with two attached hydrogens (primary N) is 1. The number of anilines is 1. The Kier molecular flexibility index (Phi) is 3.43. The van der Waals surface area contributed by atoms with Crippen LogP contribution in [0.15, 0.2) is 29.4 Å². The van der Waals surface area contributed by atoms with Crippen LogP contribution in [-0.2, 0) is 0 Å². The van der Waals surface area contributed by atoms with Crippen molar-refractivity contribution < 1.29 is 4.79 Å². The van der Waals surface area contributed by atoms with Crippen LogP contribution in [0.1, 0.15) is 55.8 Å². The van der Waals surface area contributed by atoms with Gasteiger partial charge in [-0.25, -0.2) is 5.43 Å². The van der Waals surface area contributed by atoms with Gasteiger partial charge in [0.05, 0.1) is 5.56 Å². The van der Waals surface area contributed by atoms with E-state index in [1.54, 1.807) is 12.1 Å². The number of carbonyl (C=O) groups excluding carboxylic acids is 1. The van der Waals surface area contributed by atoms with E-state index in [0.717, 1.165) is 23.5 Å². The molecule has 5 rings (SSSR count). The number of rotatable bonds is 3. The molecule has 4 heteroatoms. The Bertz CT molecular complexity index is 629. The first-order valence-electron chi connectivity index (χ1n) is 8.75. The molecule has 23 heavy (non-hydrogen) atoms. The molecule has 4 saturated carbocycles. The van der Waals surface area contributed by atoms with Gasteiger partial charge in [-0.15, -0.1) is 0 Å². The fourth-order valence-corrected chi connectivity index (χ4v) is 5.57. The van der Waals surface area contributed by atoms with Crippen LogP contribution in [-0.4, -0.2) is 11.6 Å². The van der Waals surface area contributed by atoms with Crippen LogP contribution in [0.3, 0.4) is 0 Å².